The highest BCUT2D eigenvalue weighted by Crippen LogP contribution is 2.34. The topological polar surface area (TPSA) is 76.3 Å². The van der Waals surface area contributed by atoms with Gasteiger partial charge in [-0.3, -0.25) is 4.68 Å². The molecule has 0 saturated carbocycles. The number of rotatable bonds is 5. The standard InChI is InChI=1S/C24H28N6O2S/c1-27(2)33(31,32)29-13-11-20(12-14-29)30-17-25-22-10-9-19(15-23(22)30)21-16-28(3)26-24(21)18-7-5-4-6-8-18/h4-10,15-17,20H,11-14H2,1-3H3. The van der Waals surface area contributed by atoms with Gasteiger partial charge in [-0.05, 0) is 30.5 Å². The third kappa shape index (κ3) is 3.96. The maximum Gasteiger partial charge on any atom is 0.281 e. The summed E-state index contributed by atoms with van der Waals surface area (Å²) in [6.45, 7) is 1.01. The van der Waals surface area contributed by atoms with E-state index >= 15 is 0 Å². The second kappa shape index (κ2) is 8.40. The molecule has 0 spiro atoms. The quantitative estimate of drug-likeness (QED) is 0.453. The van der Waals surface area contributed by atoms with Gasteiger partial charge in [0.2, 0.25) is 0 Å². The van der Waals surface area contributed by atoms with Crippen molar-refractivity contribution >= 4 is 21.2 Å². The molecule has 1 aliphatic rings. The molecule has 0 bridgehead atoms. The van der Waals surface area contributed by atoms with Crippen molar-refractivity contribution in [1.82, 2.24) is 27.9 Å². The van der Waals surface area contributed by atoms with Crippen molar-refractivity contribution in [2.75, 3.05) is 27.2 Å². The summed E-state index contributed by atoms with van der Waals surface area (Å²) in [6, 6.07) is 16.7. The van der Waals surface area contributed by atoms with Gasteiger partial charge in [0.15, 0.2) is 0 Å². The van der Waals surface area contributed by atoms with E-state index in [4.69, 9.17) is 5.10 Å². The summed E-state index contributed by atoms with van der Waals surface area (Å²) in [6.07, 6.45) is 5.45. The minimum atomic E-state index is -3.37. The molecule has 1 aliphatic heterocycles. The Kier molecular flexibility index (Phi) is 5.55. The number of imidazole rings is 1. The van der Waals surface area contributed by atoms with Crippen LogP contribution in [0.25, 0.3) is 33.4 Å². The molecule has 3 heterocycles. The van der Waals surface area contributed by atoms with E-state index in [0.29, 0.717) is 13.1 Å². The van der Waals surface area contributed by atoms with Crippen molar-refractivity contribution < 1.29 is 8.42 Å². The average molecular weight is 465 g/mol. The maximum absolute atomic E-state index is 12.5. The molecule has 172 valence electrons. The average Bonchev–Trinajstić information content (AvgIpc) is 3.42. The third-order valence-corrected chi connectivity index (χ3v) is 8.31. The van der Waals surface area contributed by atoms with Crippen LogP contribution in [0.2, 0.25) is 0 Å². The van der Waals surface area contributed by atoms with Gasteiger partial charge < -0.3 is 4.57 Å². The number of nitrogens with zero attached hydrogens (tertiary/aromatic N) is 6. The second-order valence-electron chi connectivity index (χ2n) is 8.71. The summed E-state index contributed by atoms with van der Waals surface area (Å²) >= 11 is 0. The van der Waals surface area contributed by atoms with Crippen molar-refractivity contribution in [2.45, 2.75) is 18.9 Å². The van der Waals surface area contributed by atoms with Gasteiger partial charge in [-0.15, -0.1) is 0 Å². The van der Waals surface area contributed by atoms with Gasteiger partial charge in [0.05, 0.1) is 17.4 Å². The molecule has 0 radical (unpaired) electrons. The SMILES string of the molecule is CN(C)S(=O)(=O)N1CCC(n2cnc3ccc(-c4cn(C)nc4-c4ccccc4)cc32)CC1. The Bertz CT molecular complexity index is 1380. The van der Waals surface area contributed by atoms with Gasteiger partial charge in [-0.1, -0.05) is 36.4 Å². The van der Waals surface area contributed by atoms with Crippen molar-refractivity contribution in [3.63, 3.8) is 0 Å². The lowest BCUT2D eigenvalue weighted by Crippen LogP contribution is -2.44. The van der Waals surface area contributed by atoms with E-state index in [0.717, 1.165) is 46.3 Å². The Morgan fingerprint density at radius 3 is 2.42 bits per heavy atom. The molecule has 0 aliphatic carbocycles. The highest BCUT2D eigenvalue weighted by molar-refractivity contribution is 7.86. The van der Waals surface area contributed by atoms with Crippen LogP contribution in [0.3, 0.4) is 0 Å². The van der Waals surface area contributed by atoms with Gasteiger partial charge in [-0.25, -0.2) is 4.98 Å². The van der Waals surface area contributed by atoms with Gasteiger partial charge in [0.1, 0.15) is 5.69 Å². The van der Waals surface area contributed by atoms with Crippen LogP contribution in [0.1, 0.15) is 18.9 Å². The van der Waals surface area contributed by atoms with Crippen molar-refractivity contribution in [3.05, 3.63) is 61.1 Å². The van der Waals surface area contributed by atoms with Gasteiger partial charge in [0, 0.05) is 57.6 Å². The van der Waals surface area contributed by atoms with Crippen molar-refractivity contribution in [2.24, 2.45) is 7.05 Å². The Hall–Kier alpha value is -3.01. The zero-order valence-electron chi connectivity index (χ0n) is 19.1. The molecule has 0 unspecified atom stereocenters. The molecule has 9 heteroatoms. The van der Waals surface area contributed by atoms with Crippen LogP contribution in [0, 0.1) is 0 Å². The molecule has 8 nitrogen and oxygen atoms in total. The number of hydrogen-bond donors (Lipinski definition) is 0. The largest absolute Gasteiger partial charge is 0.327 e. The molecule has 1 saturated heterocycles. The smallest absolute Gasteiger partial charge is 0.281 e. The fraction of sp³-hybridized carbons (Fsp3) is 0.333. The first kappa shape index (κ1) is 21.8. The second-order valence-corrected chi connectivity index (χ2v) is 10.8. The lowest BCUT2D eigenvalue weighted by Gasteiger charge is -2.33. The first-order valence-electron chi connectivity index (χ1n) is 11.1. The number of hydrogen-bond acceptors (Lipinski definition) is 4. The molecule has 1 fully saturated rings. The number of aryl methyl sites for hydroxylation is 1. The molecule has 2 aromatic heterocycles. The first-order valence-corrected chi connectivity index (χ1v) is 12.5. The zero-order valence-corrected chi connectivity index (χ0v) is 19.9. The van der Waals surface area contributed by atoms with E-state index in [1.165, 1.54) is 4.31 Å². The number of aromatic nitrogens is 4. The highest BCUT2D eigenvalue weighted by atomic mass is 32.2. The summed E-state index contributed by atoms with van der Waals surface area (Å²) in [7, 11) is 1.72. The van der Waals surface area contributed by atoms with Crippen LogP contribution in [-0.4, -0.2) is 63.5 Å². The summed E-state index contributed by atoms with van der Waals surface area (Å²) in [5.74, 6) is 0. The van der Waals surface area contributed by atoms with Gasteiger partial charge in [-0.2, -0.15) is 22.1 Å². The number of piperidine rings is 1. The molecular weight excluding hydrogens is 436 g/mol. The van der Waals surface area contributed by atoms with Crippen LogP contribution >= 0.6 is 0 Å². The fourth-order valence-corrected chi connectivity index (χ4v) is 5.71. The van der Waals surface area contributed by atoms with Crippen molar-refractivity contribution in [1.29, 1.82) is 0 Å². The van der Waals surface area contributed by atoms with Crippen LogP contribution in [0.4, 0.5) is 0 Å². The highest BCUT2D eigenvalue weighted by Gasteiger charge is 2.30. The van der Waals surface area contributed by atoms with Crippen LogP contribution in [0.15, 0.2) is 61.1 Å². The van der Waals surface area contributed by atoms with Crippen LogP contribution in [0.5, 0.6) is 0 Å². The lowest BCUT2D eigenvalue weighted by atomic mass is 10.0. The minimum absolute atomic E-state index is 0.210. The Morgan fingerprint density at radius 1 is 1.00 bits per heavy atom. The van der Waals surface area contributed by atoms with E-state index < -0.39 is 10.2 Å². The maximum atomic E-state index is 12.5. The van der Waals surface area contributed by atoms with E-state index in [1.807, 2.05) is 36.3 Å². The molecule has 5 rings (SSSR count). The van der Waals surface area contributed by atoms with E-state index in [1.54, 1.807) is 18.4 Å². The monoisotopic (exact) mass is 464 g/mol. The summed E-state index contributed by atoms with van der Waals surface area (Å²) in [5.41, 5.74) is 6.19. The Labute approximate surface area is 194 Å². The third-order valence-electron chi connectivity index (χ3n) is 6.37. The molecule has 33 heavy (non-hydrogen) atoms. The lowest BCUT2D eigenvalue weighted by molar-refractivity contribution is 0.266. The Balaban J connectivity index is 1.47. The minimum Gasteiger partial charge on any atom is -0.327 e. The molecule has 0 N–H and O–H groups in total. The fourth-order valence-electron chi connectivity index (χ4n) is 4.58. The van der Waals surface area contributed by atoms with Crippen molar-refractivity contribution in [3.8, 4) is 22.4 Å². The normalized spacial score (nSPS) is 16.1. The van der Waals surface area contributed by atoms with E-state index in [2.05, 4.69) is 46.1 Å². The van der Waals surface area contributed by atoms with E-state index in [-0.39, 0.29) is 6.04 Å². The summed E-state index contributed by atoms with van der Waals surface area (Å²) in [4.78, 5) is 4.61. The molecule has 4 aromatic rings. The first-order chi connectivity index (χ1) is 15.8. The predicted octanol–water partition coefficient (Wildman–Crippen LogP) is 3.55. The van der Waals surface area contributed by atoms with E-state index in [9.17, 15) is 8.42 Å². The van der Waals surface area contributed by atoms with Gasteiger partial charge >= 0.3 is 0 Å². The predicted molar refractivity (Wildman–Crippen MR) is 130 cm³/mol. The van der Waals surface area contributed by atoms with Gasteiger partial charge in [0.25, 0.3) is 10.2 Å². The molecule has 2 aromatic carbocycles. The Morgan fingerprint density at radius 2 is 1.73 bits per heavy atom. The van der Waals surface area contributed by atoms with Crippen LogP contribution < -0.4 is 0 Å². The summed E-state index contributed by atoms with van der Waals surface area (Å²) in [5, 5.41) is 4.71. The number of fused-ring (bicyclic) bond motifs is 1. The molecule has 0 amide bonds. The number of benzene rings is 2. The summed E-state index contributed by atoms with van der Waals surface area (Å²) < 4.78 is 31.8. The molecule has 0 atom stereocenters. The van der Waals surface area contributed by atoms with Crippen LogP contribution in [-0.2, 0) is 17.3 Å². The zero-order chi connectivity index (χ0) is 23.2. The molecular formula is C24H28N6O2S.